The molecule has 5 rings (SSSR count). The maximum atomic E-state index is 12.3. The van der Waals surface area contributed by atoms with E-state index in [2.05, 4.69) is 59.9 Å². The van der Waals surface area contributed by atoms with Crippen molar-refractivity contribution in [1.82, 2.24) is 5.32 Å². The quantitative estimate of drug-likeness (QED) is 0.175. The lowest BCUT2D eigenvalue weighted by atomic mass is 9.87. The molecular formula is C34H32F3NO6. The summed E-state index contributed by atoms with van der Waals surface area (Å²) in [7, 11) is 0. The number of hydrogen-bond donors (Lipinski definition) is 2. The van der Waals surface area contributed by atoms with Gasteiger partial charge in [0, 0.05) is 18.0 Å². The lowest BCUT2D eigenvalue weighted by molar-refractivity contribution is -0.192. The minimum atomic E-state index is -5.08. The molecule has 1 saturated heterocycles. The Morgan fingerprint density at radius 3 is 2.16 bits per heavy atom. The first kappa shape index (κ1) is 32.4. The third-order valence-electron chi connectivity index (χ3n) is 7.16. The lowest BCUT2D eigenvalue weighted by Gasteiger charge is -2.32. The number of nitrogens with one attached hydrogen (secondary N) is 1. The van der Waals surface area contributed by atoms with Gasteiger partial charge in [0.25, 0.3) is 0 Å². The van der Waals surface area contributed by atoms with Crippen LogP contribution in [-0.4, -0.2) is 54.8 Å². The molecule has 1 aliphatic rings. The first-order chi connectivity index (χ1) is 21.1. The number of ketones is 1. The molecule has 1 heterocycles. The number of alkyl halides is 3. The third kappa shape index (κ3) is 9.48. The second kappa shape index (κ2) is 15.3. The molecule has 0 amide bonds. The van der Waals surface area contributed by atoms with E-state index in [1.165, 1.54) is 21.9 Å². The average molecular weight is 608 g/mol. The smallest absolute Gasteiger partial charge is 0.475 e. The summed E-state index contributed by atoms with van der Waals surface area (Å²) in [6.07, 6.45) is -3.89. The molecule has 0 radical (unpaired) electrons. The summed E-state index contributed by atoms with van der Waals surface area (Å²) in [6, 6.07) is 31.8. The van der Waals surface area contributed by atoms with Crippen molar-refractivity contribution in [3.05, 3.63) is 119 Å². The van der Waals surface area contributed by atoms with Crippen LogP contribution in [0.4, 0.5) is 13.2 Å². The van der Waals surface area contributed by atoms with Crippen molar-refractivity contribution in [3.8, 4) is 0 Å². The first-order valence-electron chi connectivity index (χ1n) is 14.0. The number of piperidine rings is 1. The van der Waals surface area contributed by atoms with Gasteiger partial charge in [0.1, 0.15) is 0 Å². The van der Waals surface area contributed by atoms with Crippen molar-refractivity contribution in [3.63, 3.8) is 0 Å². The molecule has 7 nitrogen and oxygen atoms in total. The van der Waals surface area contributed by atoms with Gasteiger partial charge in [-0.1, -0.05) is 91.0 Å². The SMILES string of the molecule is O=C(Cc1ccc(C2CCNCC2OCc2ccc3ccccc3c2)cc1)OCC(=O)c1ccccc1.O=C(O)C(F)(F)F. The fourth-order valence-electron chi connectivity index (χ4n) is 4.87. The number of fused-ring (bicyclic) bond motifs is 1. The van der Waals surface area contributed by atoms with Crippen molar-refractivity contribution in [1.29, 1.82) is 0 Å². The van der Waals surface area contributed by atoms with Gasteiger partial charge in [-0.2, -0.15) is 13.2 Å². The summed E-state index contributed by atoms with van der Waals surface area (Å²) in [6.45, 7) is 2.08. The van der Waals surface area contributed by atoms with Crippen molar-refractivity contribution in [2.24, 2.45) is 0 Å². The normalized spacial score (nSPS) is 16.4. The van der Waals surface area contributed by atoms with Crippen LogP contribution in [0, 0.1) is 0 Å². The standard InChI is InChI=1S/C32H31NO4.C2HF3O2/c34-30(27-7-2-1-3-8-27)22-37-32(35)19-23-10-14-26(15-11-23)29-16-17-33-20-31(29)36-21-24-12-13-25-6-4-5-9-28(25)18-24;3-2(4,5)1(6)7/h1-15,18,29,31,33H,16-17,19-22H2;(H,6,7). The van der Waals surface area contributed by atoms with Gasteiger partial charge in [-0.25, -0.2) is 4.79 Å². The number of benzene rings is 4. The average Bonchev–Trinajstić information content (AvgIpc) is 3.03. The number of hydrogen-bond acceptors (Lipinski definition) is 6. The van der Waals surface area contributed by atoms with Crippen molar-refractivity contribution in [2.45, 2.75) is 37.6 Å². The molecule has 2 atom stereocenters. The van der Waals surface area contributed by atoms with Crippen LogP contribution in [-0.2, 0) is 32.1 Å². The maximum absolute atomic E-state index is 12.3. The van der Waals surface area contributed by atoms with Crippen molar-refractivity contribution >= 4 is 28.5 Å². The second-order valence-corrected chi connectivity index (χ2v) is 10.3. The Bertz CT molecular complexity index is 1560. The van der Waals surface area contributed by atoms with Gasteiger partial charge in [-0.15, -0.1) is 0 Å². The number of Topliss-reactive ketones (excluding diaryl/α,β-unsaturated/α-hetero) is 1. The van der Waals surface area contributed by atoms with E-state index in [4.69, 9.17) is 19.4 Å². The van der Waals surface area contributed by atoms with E-state index >= 15 is 0 Å². The highest BCUT2D eigenvalue weighted by molar-refractivity contribution is 5.97. The summed E-state index contributed by atoms with van der Waals surface area (Å²) in [5.74, 6) is -3.08. The number of rotatable bonds is 9. The van der Waals surface area contributed by atoms with Crippen LogP contribution in [0.25, 0.3) is 10.8 Å². The number of carboxylic acid groups (broad SMARTS) is 1. The molecule has 0 bridgehead atoms. The van der Waals surface area contributed by atoms with Gasteiger partial charge in [0.2, 0.25) is 0 Å². The zero-order chi connectivity index (χ0) is 31.5. The largest absolute Gasteiger partial charge is 0.490 e. The van der Waals surface area contributed by atoms with Gasteiger partial charge < -0.3 is 19.9 Å². The van der Waals surface area contributed by atoms with Gasteiger partial charge >= 0.3 is 18.1 Å². The van der Waals surface area contributed by atoms with Crippen molar-refractivity contribution < 1.29 is 42.1 Å². The van der Waals surface area contributed by atoms with E-state index in [-0.39, 0.29) is 30.8 Å². The van der Waals surface area contributed by atoms with Crippen LogP contribution < -0.4 is 5.32 Å². The number of carbonyl (C=O) groups is 3. The number of carboxylic acids is 1. The zero-order valence-electron chi connectivity index (χ0n) is 23.8. The predicted molar refractivity (Wildman–Crippen MR) is 158 cm³/mol. The molecule has 1 fully saturated rings. The Morgan fingerprint density at radius 2 is 1.48 bits per heavy atom. The number of halogens is 3. The molecule has 0 aliphatic carbocycles. The molecule has 0 spiro atoms. The van der Waals surface area contributed by atoms with Gasteiger partial charge in [-0.05, 0) is 46.5 Å². The fourth-order valence-corrected chi connectivity index (χ4v) is 4.87. The van der Waals surface area contributed by atoms with Gasteiger partial charge in [0.15, 0.2) is 12.4 Å². The minimum Gasteiger partial charge on any atom is -0.475 e. The minimum absolute atomic E-state index is 0.0695. The number of ether oxygens (including phenoxy) is 2. The van der Waals surface area contributed by atoms with E-state index < -0.39 is 18.1 Å². The van der Waals surface area contributed by atoms with E-state index in [1.54, 1.807) is 24.3 Å². The van der Waals surface area contributed by atoms with Crippen molar-refractivity contribution in [2.75, 3.05) is 19.7 Å². The Balaban J connectivity index is 0.000000566. The van der Waals surface area contributed by atoms with Crippen LogP contribution >= 0.6 is 0 Å². The molecule has 10 heteroatoms. The van der Waals surface area contributed by atoms with E-state index in [1.807, 2.05) is 18.2 Å². The van der Waals surface area contributed by atoms with Crippen LogP contribution in [0.2, 0.25) is 0 Å². The Hall–Kier alpha value is -4.54. The molecule has 0 saturated carbocycles. The van der Waals surface area contributed by atoms with Crippen LogP contribution in [0.5, 0.6) is 0 Å². The lowest BCUT2D eigenvalue weighted by Crippen LogP contribution is -2.40. The molecule has 0 aromatic heterocycles. The molecule has 230 valence electrons. The second-order valence-electron chi connectivity index (χ2n) is 10.3. The Labute approximate surface area is 252 Å². The van der Waals surface area contributed by atoms with Gasteiger partial charge in [-0.3, -0.25) is 9.59 Å². The molecule has 1 aliphatic heterocycles. The molecule has 2 N–H and O–H groups in total. The molecule has 44 heavy (non-hydrogen) atoms. The van der Waals surface area contributed by atoms with E-state index in [0.29, 0.717) is 12.2 Å². The fraction of sp³-hybridized carbons (Fsp3) is 0.265. The van der Waals surface area contributed by atoms with Crippen LogP contribution in [0.3, 0.4) is 0 Å². The monoisotopic (exact) mass is 607 g/mol. The highest BCUT2D eigenvalue weighted by Crippen LogP contribution is 2.29. The maximum Gasteiger partial charge on any atom is 0.490 e. The summed E-state index contributed by atoms with van der Waals surface area (Å²) in [5, 5.41) is 13.0. The summed E-state index contributed by atoms with van der Waals surface area (Å²) >= 11 is 0. The van der Waals surface area contributed by atoms with E-state index in [9.17, 15) is 22.8 Å². The molecular weight excluding hydrogens is 575 g/mol. The Morgan fingerprint density at radius 1 is 0.841 bits per heavy atom. The number of aliphatic carboxylic acids is 1. The van der Waals surface area contributed by atoms with Crippen LogP contribution in [0.15, 0.2) is 97.1 Å². The van der Waals surface area contributed by atoms with Crippen LogP contribution in [0.1, 0.15) is 39.4 Å². The predicted octanol–water partition coefficient (Wildman–Crippen LogP) is 6.10. The third-order valence-corrected chi connectivity index (χ3v) is 7.16. The first-order valence-corrected chi connectivity index (χ1v) is 14.0. The zero-order valence-corrected chi connectivity index (χ0v) is 23.8. The summed E-state index contributed by atoms with van der Waals surface area (Å²) in [4.78, 5) is 33.3. The highest BCUT2D eigenvalue weighted by Gasteiger charge is 2.38. The molecule has 4 aromatic carbocycles. The highest BCUT2D eigenvalue weighted by atomic mass is 19.4. The molecule has 2 unspecified atom stereocenters. The van der Waals surface area contributed by atoms with Gasteiger partial charge in [0.05, 0.1) is 19.1 Å². The summed E-state index contributed by atoms with van der Waals surface area (Å²) < 4.78 is 43.3. The topological polar surface area (TPSA) is 102 Å². The summed E-state index contributed by atoms with van der Waals surface area (Å²) in [5.41, 5.74) is 3.78. The number of esters is 1. The number of carbonyl (C=O) groups excluding carboxylic acids is 2. The van der Waals surface area contributed by atoms with E-state index in [0.717, 1.165) is 25.1 Å². The molecule has 4 aromatic rings. The Kier molecular flexibility index (Phi) is 11.2.